The first-order valence-electron chi connectivity index (χ1n) is 10.3. The minimum absolute atomic E-state index is 0.100. The van der Waals surface area contributed by atoms with Crippen LogP contribution in [0.15, 0.2) is 78.3 Å². The number of nitrogens with one attached hydrogen (secondary N) is 1. The Morgan fingerprint density at radius 2 is 1.94 bits per heavy atom. The maximum absolute atomic E-state index is 13.3. The lowest BCUT2D eigenvalue weighted by atomic mass is 10.1. The van der Waals surface area contributed by atoms with Gasteiger partial charge in [-0.25, -0.2) is 4.68 Å². The lowest BCUT2D eigenvalue weighted by Crippen LogP contribution is -2.34. The molecule has 1 N–H and O–H groups in total. The van der Waals surface area contributed by atoms with Gasteiger partial charge >= 0.3 is 0 Å². The first kappa shape index (κ1) is 21.8. The number of carbonyl (C=O) groups is 1. The first-order valence-corrected chi connectivity index (χ1v) is 11.2. The number of hydrogen-bond acceptors (Lipinski definition) is 5. The molecule has 4 aromatic rings. The summed E-state index contributed by atoms with van der Waals surface area (Å²) in [6.45, 7) is 0.500. The van der Waals surface area contributed by atoms with Gasteiger partial charge in [0, 0.05) is 23.2 Å². The molecule has 7 heteroatoms. The summed E-state index contributed by atoms with van der Waals surface area (Å²) < 4.78 is 7.12. The number of hydrogen-bond donors (Lipinski definition) is 1. The molecule has 32 heavy (non-hydrogen) atoms. The molecule has 0 aliphatic heterocycles. The average Bonchev–Trinajstić information content (AvgIpc) is 3.50. The van der Waals surface area contributed by atoms with Crippen LogP contribution in [-0.4, -0.2) is 48.3 Å². The predicted octanol–water partition coefficient (Wildman–Crippen LogP) is 4.64. The first-order chi connectivity index (χ1) is 15.6. The molecule has 2 aromatic carbocycles. The smallest absolute Gasteiger partial charge is 0.255 e. The molecule has 164 valence electrons. The number of methoxy groups -OCH3 is 1. The Balaban J connectivity index is 1.66. The molecule has 1 unspecified atom stereocenters. The Morgan fingerprint density at radius 3 is 2.62 bits per heavy atom. The Bertz CT molecular complexity index is 1170. The van der Waals surface area contributed by atoms with Crippen molar-refractivity contribution in [1.82, 2.24) is 20.0 Å². The zero-order chi connectivity index (χ0) is 22.5. The van der Waals surface area contributed by atoms with Crippen LogP contribution < -0.4 is 10.1 Å². The Kier molecular flexibility index (Phi) is 6.68. The van der Waals surface area contributed by atoms with Crippen LogP contribution in [0.3, 0.4) is 0 Å². The van der Waals surface area contributed by atoms with E-state index in [1.165, 1.54) is 4.88 Å². The number of amides is 1. The lowest BCUT2D eigenvalue weighted by molar-refractivity contribution is 0.0943. The van der Waals surface area contributed by atoms with E-state index in [0.29, 0.717) is 23.6 Å². The zero-order valence-corrected chi connectivity index (χ0v) is 19.2. The summed E-state index contributed by atoms with van der Waals surface area (Å²) in [5.41, 5.74) is 2.85. The van der Waals surface area contributed by atoms with E-state index in [-0.39, 0.29) is 11.9 Å². The van der Waals surface area contributed by atoms with Gasteiger partial charge in [0.2, 0.25) is 0 Å². The van der Waals surface area contributed by atoms with Gasteiger partial charge in [-0.05, 0) is 49.8 Å². The van der Waals surface area contributed by atoms with Crippen LogP contribution in [0.25, 0.3) is 16.9 Å². The van der Waals surface area contributed by atoms with E-state index in [4.69, 9.17) is 9.84 Å². The fourth-order valence-corrected chi connectivity index (χ4v) is 4.46. The molecule has 4 rings (SSSR count). The monoisotopic (exact) mass is 446 g/mol. The molecule has 1 amide bonds. The highest BCUT2D eigenvalue weighted by Crippen LogP contribution is 2.27. The van der Waals surface area contributed by atoms with Gasteiger partial charge in [0.1, 0.15) is 11.4 Å². The zero-order valence-electron chi connectivity index (χ0n) is 18.4. The summed E-state index contributed by atoms with van der Waals surface area (Å²) in [7, 11) is 5.67. The van der Waals surface area contributed by atoms with Crippen molar-refractivity contribution in [2.45, 2.75) is 6.04 Å². The number of likely N-dealkylation sites (N-methyl/N-ethyl adjacent to an activating group) is 1. The number of ether oxygens (including phenoxy) is 1. The molecule has 0 aliphatic rings. The fourth-order valence-electron chi connectivity index (χ4n) is 3.54. The quantitative estimate of drug-likeness (QED) is 0.428. The Labute approximate surface area is 192 Å². The topological polar surface area (TPSA) is 59.4 Å². The normalized spacial score (nSPS) is 12.0. The van der Waals surface area contributed by atoms with E-state index in [1.807, 2.05) is 74.8 Å². The van der Waals surface area contributed by atoms with Crippen molar-refractivity contribution >= 4 is 17.2 Å². The van der Waals surface area contributed by atoms with Crippen LogP contribution in [0, 0.1) is 0 Å². The van der Waals surface area contributed by atoms with Crippen LogP contribution in [0.1, 0.15) is 21.3 Å². The highest BCUT2D eigenvalue weighted by atomic mass is 32.1. The maximum atomic E-state index is 13.3. The number of carbonyl (C=O) groups excluding carboxylic acids is 1. The summed E-state index contributed by atoms with van der Waals surface area (Å²) in [4.78, 5) is 16.6. The van der Waals surface area contributed by atoms with Gasteiger partial charge in [-0.1, -0.05) is 36.4 Å². The molecule has 0 saturated heterocycles. The second-order valence-electron chi connectivity index (χ2n) is 7.61. The minimum Gasteiger partial charge on any atom is -0.497 e. The number of benzene rings is 2. The Hall–Kier alpha value is -3.42. The summed E-state index contributed by atoms with van der Waals surface area (Å²) in [6.07, 6.45) is 1.79. The van der Waals surface area contributed by atoms with E-state index in [1.54, 1.807) is 29.3 Å². The van der Waals surface area contributed by atoms with Gasteiger partial charge in [0.05, 0.1) is 24.4 Å². The molecular formula is C25H26N4O2S. The third-order valence-electron chi connectivity index (χ3n) is 5.27. The summed E-state index contributed by atoms with van der Waals surface area (Å²) in [5.74, 6) is 0.557. The molecule has 0 aliphatic carbocycles. The largest absolute Gasteiger partial charge is 0.497 e. The van der Waals surface area contributed by atoms with E-state index in [0.717, 1.165) is 11.3 Å². The second-order valence-corrected chi connectivity index (χ2v) is 8.59. The molecule has 2 heterocycles. The van der Waals surface area contributed by atoms with Crippen molar-refractivity contribution in [3.05, 3.63) is 88.7 Å². The number of rotatable bonds is 8. The molecule has 0 radical (unpaired) electrons. The van der Waals surface area contributed by atoms with Crippen molar-refractivity contribution in [3.63, 3.8) is 0 Å². The molecular weight excluding hydrogens is 420 g/mol. The van der Waals surface area contributed by atoms with Gasteiger partial charge in [-0.3, -0.25) is 4.79 Å². The maximum Gasteiger partial charge on any atom is 0.255 e. The summed E-state index contributed by atoms with van der Waals surface area (Å²) in [6, 6.07) is 21.6. The van der Waals surface area contributed by atoms with Crippen LogP contribution >= 0.6 is 11.3 Å². The number of para-hydroxylation sites is 1. The standard InChI is InChI=1S/C25H26N4O2S/c1-28(2)22(23-13-8-14-32-23)16-26-25(30)21-17-29(19-10-5-4-6-11-19)27-24(21)18-9-7-12-20(15-18)31-3/h4-15,17,22H,16H2,1-3H3,(H,26,30). The van der Waals surface area contributed by atoms with Crippen LogP contribution in [0.4, 0.5) is 0 Å². The van der Waals surface area contributed by atoms with Crippen molar-refractivity contribution in [3.8, 4) is 22.7 Å². The third-order valence-corrected chi connectivity index (χ3v) is 6.25. The second kappa shape index (κ2) is 9.80. The number of nitrogens with zero attached hydrogens (tertiary/aromatic N) is 3. The highest BCUT2D eigenvalue weighted by Gasteiger charge is 2.22. The predicted molar refractivity (Wildman–Crippen MR) is 129 cm³/mol. The van der Waals surface area contributed by atoms with Gasteiger partial charge in [0.25, 0.3) is 5.91 Å². The van der Waals surface area contributed by atoms with Crippen molar-refractivity contribution < 1.29 is 9.53 Å². The van der Waals surface area contributed by atoms with E-state index >= 15 is 0 Å². The van der Waals surface area contributed by atoms with Crippen molar-refractivity contribution in [1.29, 1.82) is 0 Å². The average molecular weight is 447 g/mol. The molecule has 0 fully saturated rings. The van der Waals surface area contributed by atoms with Crippen LogP contribution in [0.2, 0.25) is 0 Å². The van der Waals surface area contributed by atoms with Crippen LogP contribution in [-0.2, 0) is 0 Å². The number of aromatic nitrogens is 2. The molecule has 1 atom stereocenters. The van der Waals surface area contributed by atoms with Gasteiger partial charge < -0.3 is 15.0 Å². The van der Waals surface area contributed by atoms with Crippen molar-refractivity contribution in [2.75, 3.05) is 27.7 Å². The minimum atomic E-state index is -0.159. The van der Waals surface area contributed by atoms with Gasteiger partial charge in [0.15, 0.2) is 0 Å². The molecule has 0 bridgehead atoms. The van der Waals surface area contributed by atoms with Gasteiger partial charge in [-0.15, -0.1) is 11.3 Å². The van der Waals surface area contributed by atoms with Crippen LogP contribution in [0.5, 0.6) is 5.75 Å². The summed E-state index contributed by atoms with van der Waals surface area (Å²) >= 11 is 1.69. The van der Waals surface area contributed by atoms with Crippen molar-refractivity contribution in [2.24, 2.45) is 0 Å². The molecule has 0 saturated carbocycles. The van der Waals surface area contributed by atoms with Gasteiger partial charge in [-0.2, -0.15) is 5.10 Å². The molecule has 0 spiro atoms. The van der Waals surface area contributed by atoms with E-state index < -0.39 is 0 Å². The Morgan fingerprint density at radius 1 is 1.12 bits per heavy atom. The SMILES string of the molecule is COc1cccc(-c2nn(-c3ccccc3)cc2C(=O)NCC(c2cccs2)N(C)C)c1. The highest BCUT2D eigenvalue weighted by molar-refractivity contribution is 7.10. The third kappa shape index (κ3) is 4.74. The lowest BCUT2D eigenvalue weighted by Gasteiger charge is -2.23. The fraction of sp³-hybridized carbons (Fsp3) is 0.200. The molecule has 6 nitrogen and oxygen atoms in total. The van der Waals surface area contributed by atoms with E-state index in [9.17, 15) is 4.79 Å². The van der Waals surface area contributed by atoms with E-state index in [2.05, 4.69) is 21.7 Å². The summed E-state index contributed by atoms with van der Waals surface area (Å²) in [5, 5.41) is 9.92. The number of thiophene rings is 1. The molecule has 2 aromatic heterocycles.